The summed E-state index contributed by atoms with van der Waals surface area (Å²) < 4.78 is 36.6. The molecule has 0 spiro atoms. The van der Waals surface area contributed by atoms with Crippen molar-refractivity contribution in [1.29, 1.82) is 0 Å². The highest BCUT2D eigenvalue weighted by Crippen LogP contribution is 2.24. The van der Waals surface area contributed by atoms with E-state index in [-0.39, 0.29) is 43.8 Å². The minimum Gasteiger partial charge on any atom is -0.497 e. The van der Waals surface area contributed by atoms with Crippen LogP contribution in [0.25, 0.3) is 0 Å². The van der Waals surface area contributed by atoms with Gasteiger partial charge in [-0.3, -0.25) is 13.9 Å². The van der Waals surface area contributed by atoms with Gasteiger partial charge in [0.25, 0.3) is 0 Å². The molecule has 0 aliphatic heterocycles. The fourth-order valence-electron chi connectivity index (χ4n) is 3.68. The number of amides is 2. The number of nitrogens with zero attached hydrogens (tertiary/aromatic N) is 2. The van der Waals surface area contributed by atoms with Crippen LogP contribution in [0.2, 0.25) is 0 Å². The molecule has 198 valence electrons. The molecule has 0 bridgehead atoms. The van der Waals surface area contributed by atoms with Gasteiger partial charge in [-0.05, 0) is 57.0 Å². The third kappa shape index (κ3) is 8.44. The normalized spacial score (nSPS) is 12.1. The first-order chi connectivity index (χ1) is 17.0. The molecule has 0 aliphatic carbocycles. The van der Waals surface area contributed by atoms with E-state index in [1.165, 1.54) is 16.3 Å². The maximum atomic E-state index is 13.3. The Morgan fingerprint density at radius 2 is 1.61 bits per heavy atom. The molecule has 9 nitrogen and oxygen atoms in total. The van der Waals surface area contributed by atoms with Gasteiger partial charge in [-0.25, -0.2) is 8.42 Å². The van der Waals surface area contributed by atoms with E-state index in [9.17, 15) is 18.0 Å². The molecule has 2 aromatic rings. The quantitative estimate of drug-likeness (QED) is 0.436. The maximum Gasteiger partial charge on any atom is 0.242 e. The van der Waals surface area contributed by atoms with Crippen molar-refractivity contribution >= 4 is 27.5 Å². The van der Waals surface area contributed by atoms with E-state index < -0.39 is 16.1 Å². The molecule has 1 N–H and O–H groups in total. The molecule has 0 fully saturated rings. The monoisotopic (exact) mass is 519 g/mol. The third-order valence-corrected chi connectivity index (χ3v) is 6.80. The molecule has 0 aromatic heterocycles. The van der Waals surface area contributed by atoms with Crippen LogP contribution in [-0.2, 0) is 26.2 Å². The number of carbonyl (C=O) groups excluding carboxylic acids is 2. The summed E-state index contributed by atoms with van der Waals surface area (Å²) in [5, 5.41) is 2.86. The minimum atomic E-state index is -3.58. The molecule has 0 saturated carbocycles. The zero-order valence-corrected chi connectivity index (χ0v) is 22.7. The molecule has 2 aromatic carbocycles. The number of benzene rings is 2. The second-order valence-electron chi connectivity index (χ2n) is 8.85. The van der Waals surface area contributed by atoms with E-state index in [1.807, 2.05) is 26.0 Å². The summed E-state index contributed by atoms with van der Waals surface area (Å²) in [4.78, 5) is 27.6. The number of ether oxygens (including phenoxy) is 2. The summed E-state index contributed by atoms with van der Waals surface area (Å²) in [5.41, 5.74) is 1.31. The number of hydrogen-bond donors (Lipinski definition) is 1. The number of hydrogen-bond acceptors (Lipinski definition) is 6. The zero-order valence-electron chi connectivity index (χ0n) is 21.9. The Kier molecular flexibility index (Phi) is 10.6. The molecular weight excluding hydrogens is 482 g/mol. The highest BCUT2D eigenvalue weighted by Gasteiger charge is 2.27. The van der Waals surface area contributed by atoms with Crippen LogP contribution in [0.4, 0.5) is 5.69 Å². The number of methoxy groups -OCH3 is 2. The molecule has 0 radical (unpaired) electrons. The standard InChI is InChI=1S/C26H37N3O6S/c1-19(2)27-26(31)20(3)28(18-21-12-14-23(34-4)15-13-21)25(30)11-8-16-29(36(6,32)33)22-9-7-10-24(17-22)35-5/h7,9-10,12-15,17,19-20H,8,11,16,18H2,1-6H3,(H,27,31). The van der Waals surface area contributed by atoms with E-state index >= 15 is 0 Å². The Morgan fingerprint density at radius 3 is 2.17 bits per heavy atom. The third-order valence-electron chi connectivity index (χ3n) is 5.60. The predicted molar refractivity (Wildman–Crippen MR) is 141 cm³/mol. The first-order valence-corrected chi connectivity index (χ1v) is 13.7. The van der Waals surface area contributed by atoms with Crippen molar-refractivity contribution < 1.29 is 27.5 Å². The van der Waals surface area contributed by atoms with Crippen molar-refractivity contribution in [3.63, 3.8) is 0 Å². The highest BCUT2D eigenvalue weighted by atomic mass is 32.2. The average molecular weight is 520 g/mol. The molecular formula is C26H37N3O6S. The van der Waals surface area contributed by atoms with E-state index in [4.69, 9.17) is 9.47 Å². The fourth-order valence-corrected chi connectivity index (χ4v) is 4.64. The summed E-state index contributed by atoms with van der Waals surface area (Å²) in [5.74, 6) is 0.742. The van der Waals surface area contributed by atoms with Gasteiger partial charge in [-0.2, -0.15) is 0 Å². The fraction of sp³-hybridized carbons (Fsp3) is 0.462. The molecule has 10 heteroatoms. The summed E-state index contributed by atoms with van der Waals surface area (Å²) in [6.07, 6.45) is 1.48. The van der Waals surface area contributed by atoms with Crippen LogP contribution < -0.4 is 19.1 Å². The van der Waals surface area contributed by atoms with Gasteiger partial charge in [-0.15, -0.1) is 0 Å². The first-order valence-electron chi connectivity index (χ1n) is 11.8. The van der Waals surface area contributed by atoms with Gasteiger partial charge in [0.2, 0.25) is 21.8 Å². The Balaban J connectivity index is 2.18. The topological polar surface area (TPSA) is 105 Å². The van der Waals surface area contributed by atoms with Crippen LogP contribution in [-0.4, -0.2) is 64.2 Å². The summed E-state index contributed by atoms with van der Waals surface area (Å²) >= 11 is 0. The molecule has 2 amide bonds. The van der Waals surface area contributed by atoms with Crippen molar-refractivity contribution in [3.8, 4) is 11.5 Å². The molecule has 2 rings (SSSR count). The van der Waals surface area contributed by atoms with Gasteiger partial charge in [0, 0.05) is 31.6 Å². The molecule has 0 aliphatic rings. The SMILES string of the molecule is COc1ccc(CN(C(=O)CCCN(c2cccc(OC)c2)S(C)(=O)=O)C(C)C(=O)NC(C)C)cc1. The van der Waals surface area contributed by atoms with Gasteiger partial charge in [0.1, 0.15) is 17.5 Å². The summed E-state index contributed by atoms with van der Waals surface area (Å²) in [6.45, 7) is 5.76. The lowest BCUT2D eigenvalue weighted by atomic mass is 10.1. The predicted octanol–water partition coefficient (Wildman–Crippen LogP) is 3.19. The molecule has 36 heavy (non-hydrogen) atoms. The molecule has 0 saturated heterocycles. The van der Waals surface area contributed by atoms with Crippen LogP contribution in [0.5, 0.6) is 11.5 Å². The van der Waals surface area contributed by atoms with E-state index in [2.05, 4.69) is 5.32 Å². The van der Waals surface area contributed by atoms with Crippen LogP contribution in [0, 0.1) is 0 Å². The van der Waals surface area contributed by atoms with E-state index in [0.29, 0.717) is 17.2 Å². The van der Waals surface area contributed by atoms with Crippen molar-refractivity contribution in [1.82, 2.24) is 10.2 Å². The summed E-state index contributed by atoms with van der Waals surface area (Å²) in [7, 11) is -0.494. The van der Waals surface area contributed by atoms with Crippen molar-refractivity contribution in [2.75, 3.05) is 31.3 Å². The Hall–Kier alpha value is -3.27. The molecule has 1 atom stereocenters. The Labute approximate surface area is 214 Å². The van der Waals surface area contributed by atoms with Gasteiger partial charge >= 0.3 is 0 Å². The van der Waals surface area contributed by atoms with Crippen LogP contribution in [0.1, 0.15) is 39.2 Å². The van der Waals surface area contributed by atoms with Crippen molar-refractivity contribution in [3.05, 3.63) is 54.1 Å². The summed E-state index contributed by atoms with van der Waals surface area (Å²) in [6, 6.07) is 13.3. The highest BCUT2D eigenvalue weighted by molar-refractivity contribution is 7.92. The number of anilines is 1. The smallest absolute Gasteiger partial charge is 0.242 e. The number of carbonyl (C=O) groups is 2. The molecule has 0 heterocycles. The lowest BCUT2D eigenvalue weighted by Crippen LogP contribution is -2.49. The number of sulfonamides is 1. The van der Waals surface area contributed by atoms with Crippen molar-refractivity contribution in [2.24, 2.45) is 0 Å². The lowest BCUT2D eigenvalue weighted by Gasteiger charge is -2.30. The number of rotatable bonds is 13. The Morgan fingerprint density at radius 1 is 0.972 bits per heavy atom. The van der Waals surface area contributed by atoms with Crippen LogP contribution in [0.3, 0.4) is 0 Å². The van der Waals surface area contributed by atoms with Gasteiger partial charge in [0.05, 0.1) is 26.2 Å². The maximum absolute atomic E-state index is 13.3. The average Bonchev–Trinajstić information content (AvgIpc) is 2.83. The van der Waals surface area contributed by atoms with Gasteiger partial charge in [-0.1, -0.05) is 18.2 Å². The lowest BCUT2D eigenvalue weighted by molar-refractivity contribution is -0.140. The van der Waals surface area contributed by atoms with E-state index in [1.54, 1.807) is 50.4 Å². The first kappa shape index (κ1) is 29.0. The minimum absolute atomic E-state index is 0.0657. The second kappa shape index (κ2) is 13.2. The van der Waals surface area contributed by atoms with E-state index in [0.717, 1.165) is 11.8 Å². The largest absolute Gasteiger partial charge is 0.497 e. The zero-order chi connectivity index (χ0) is 26.9. The molecule has 1 unspecified atom stereocenters. The van der Waals surface area contributed by atoms with Crippen molar-refractivity contribution in [2.45, 2.75) is 52.2 Å². The Bertz CT molecular complexity index is 1120. The van der Waals surface area contributed by atoms with Crippen LogP contribution >= 0.6 is 0 Å². The number of nitrogens with one attached hydrogen (secondary N) is 1. The second-order valence-corrected chi connectivity index (χ2v) is 10.8. The van der Waals surface area contributed by atoms with Gasteiger partial charge < -0.3 is 19.7 Å². The van der Waals surface area contributed by atoms with Gasteiger partial charge in [0.15, 0.2) is 0 Å². The van der Waals surface area contributed by atoms with Crippen LogP contribution in [0.15, 0.2) is 48.5 Å².